The second-order valence-electron chi connectivity index (χ2n) is 4.73. The molecule has 0 spiro atoms. The molecule has 0 bridgehead atoms. The minimum atomic E-state index is -0.821. The summed E-state index contributed by atoms with van der Waals surface area (Å²) < 4.78 is 10.7. The molecule has 21 heavy (non-hydrogen) atoms. The Balaban J connectivity index is 1.81. The van der Waals surface area contributed by atoms with Crippen LogP contribution in [0.1, 0.15) is 16.7 Å². The van der Waals surface area contributed by atoms with Gasteiger partial charge in [-0.05, 0) is 28.8 Å². The van der Waals surface area contributed by atoms with Gasteiger partial charge in [0.05, 0.1) is 26.7 Å². The first-order chi connectivity index (χ1) is 10.2. The van der Waals surface area contributed by atoms with Gasteiger partial charge in [0, 0.05) is 0 Å². The van der Waals surface area contributed by atoms with Crippen LogP contribution in [-0.2, 0) is 29.2 Å². The first-order valence-electron chi connectivity index (χ1n) is 6.67. The number of ether oxygens (including phenoxy) is 2. The van der Waals surface area contributed by atoms with Gasteiger partial charge in [0.25, 0.3) is 0 Å². The van der Waals surface area contributed by atoms with Gasteiger partial charge in [-0.25, -0.2) is 0 Å². The van der Waals surface area contributed by atoms with E-state index in [-0.39, 0.29) is 6.42 Å². The molecule has 2 aromatic carbocycles. The molecule has 4 nitrogen and oxygen atoms in total. The molecule has 110 valence electrons. The summed E-state index contributed by atoms with van der Waals surface area (Å²) >= 11 is 0. The van der Waals surface area contributed by atoms with Crippen LogP contribution in [0.25, 0.3) is 0 Å². The molecule has 4 heteroatoms. The molecule has 0 aliphatic heterocycles. The van der Waals surface area contributed by atoms with Crippen LogP contribution in [0.15, 0.2) is 48.5 Å². The Hall–Kier alpha value is -2.33. The monoisotopic (exact) mass is 286 g/mol. The summed E-state index contributed by atoms with van der Waals surface area (Å²) in [6.45, 7) is 1.03. The van der Waals surface area contributed by atoms with Crippen LogP contribution in [0.4, 0.5) is 0 Å². The van der Waals surface area contributed by atoms with Crippen molar-refractivity contribution in [2.24, 2.45) is 0 Å². The highest BCUT2D eigenvalue weighted by Gasteiger charge is 2.01. The lowest BCUT2D eigenvalue weighted by molar-refractivity contribution is -0.136. The van der Waals surface area contributed by atoms with Crippen LogP contribution >= 0.6 is 0 Å². The molecule has 2 rings (SSSR count). The predicted molar refractivity (Wildman–Crippen MR) is 79.3 cm³/mol. The number of aliphatic carboxylic acids is 1. The zero-order chi connectivity index (χ0) is 15.1. The Bertz CT molecular complexity index is 573. The molecule has 0 aliphatic rings. The van der Waals surface area contributed by atoms with Crippen molar-refractivity contribution in [2.75, 3.05) is 7.11 Å². The van der Waals surface area contributed by atoms with E-state index in [4.69, 9.17) is 14.6 Å². The molecule has 0 unspecified atom stereocenters. The molecule has 0 aromatic heterocycles. The number of hydrogen-bond donors (Lipinski definition) is 1. The molecule has 0 saturated heterocycles. The Morgan fingerprint density at radius 2 is 1.38 bits per heavy atom. The summed E-state index contributed by atoms with van der Waals surface area (Å²) in [5.41, 5.74) is 2.90. The van der Waals surface area contributed by atoms with E-state index >= 15 is 0 Å². The lowest BCUT2D eigenvalue weighted by atomic mass is 10.1. The minimum absolute atomic E-state index is 0.0486. The smallest absolute Gasteiger partial charge is 0.307 e. The Morgan fingerprint density at radius 1 is 0.905 bits per heavy atom. The maximum atomic E-state index is 10.6. The van der Waals surface area contributed by atoms with Crippen molar-refractivity contribution in [1.29, 1.82) is 0 Å². The molecule has 0 aliphatic carbocycles. The third-order valence-electron chi connectivity index (χ3n) is 3.07. The fraction of sp³-hybridized carbons (Fsp3) is 0.235. The van der Waals surface area contributed by atoms with Crippen molar-refractivity contribution < 1.29 is 19.4 Å². The highest BCUT2D eigenvalue weighted by molar-refractivity contribution is 5.70. The number of carboxylic acids is 1. The Morgan fingerprint density at radius 3 is 1.86 bits per heavy atom. The van der Waals surface area contributed by atoms with E-state index in [1.54, 1.807) is 7.11 Å². The SMILES string of the molecule is COc1ccc(COCc2ccc(CC(=O)O)cc2)cc1. The van der Waals surface area contributed by atoms with Crippen LogP contribution in [0.2, 0.25) is 0 Å². The summed E-state index contributed by atoms with van der Waals surface area (Å²) in [4.78, 5) is 10.6. The zero-order valence-corrected chi connectivity index (χ0v) is 11.9. The predicted octanol–water partition coefficient (Wildman–Crippen LogP) is 3.04. The van der Waals surface area contributed by atoms with Gasteiger partial charge in [-0.1, -0.05) is 36.4 Å². The molecule has 0 radical (unpaired) electrons. The van der Waals surface area contributed by atoms with E-state index in [1.165, 1.54) is 0 Å². The maximum absolute atomic E-state index is 10.6. The van der Waals surface area contributed by atoms with E-state index in [0.29, 0.717) is 13.2 Å². The lowest BCUT2D eigenvalue weighted by Gasteiger charge is -2.06. The second kappa shape index (κ2) is 7.45. The summed E-state index contributed by atoms with van der Waals surface area (Å²) in [6.07, 6.45) is 0.0486. The Kier molecular flexibility index (Phi) is 5.35. The fourth-order valence-corrected chi connectivity index (χ4v) is 1.94. The summed E-state index contributed by atoms with van der Waals surface area (Å²) in [5.74, 6) is 0.00581. The number of hydrogen-bond acceptors (Lipinski definition) is 3. The van der Waals surface area contributed by atoms with Gasteiger partial charge in [-0.2, -0.15) is 0 Å². The largest absolute Gasteiger partial charge is 0.497 e. The first-order valence-corrected chi connectivity index (χ1v) is 6.67. The third kappa shape index (κ3) is 4.93. The van der Waals surface area contributed by atoms with Gasteiger partial charge in [-0.15, -0.1) is 0 Å². The number of carbonyl (C=O) groups is 1. The van der Waals surface area contributed by atoms with E-state index in [2.05, 4.69) is 0 Å². The lowest BCUT2D eigenvalue weighted by Crippen LogP contribution is -2.00. The summed E-state index contributed by atoms with van der Waals surface area (Å²) in [7, 11) is 1.64. The molecular formula is C17H18O4. The third-order valence-corrected chi connectivity index (χ3v) is 3.07. The van der Waals surface area contributed by atoms with Crippen LogP contribution < -0.4 is 4.74 Å². The molecule has 0 saturated carbocycles. The van der Waals surface area contributed by atoms with E-state index in [1.807, 2.05) is 48.5 Å². The van der Waals surface area contributed by atoms with Crippen LogP contribution in [-0.4, -0.2) is 18.2 Å². The molecule has 0 amide bonds. The van der Waals surface area contributed by atoms with Crippen molar-refractivity contribution >= 4 is 5.97 Å². The molecule has 0 fully saturated rings. The molecule has 0 heterocycles. The van der Waals surface area contributed by atoms with Crippen LogP contribution in [0.3, 0.4) is 0 Å². The van der Waals surface area contributed by atoms with Gasteiger partial charge in [0.2, 0.25) is 0 Å². The number of carboxylic acid groups (broad SMARTS) is 1. The van der Waals surface area contributed by atoms with Gasteiger partial charge in [0.15, 0.2) is 0 Å². The van der Waals surface area contributed by atoms with Crippen LogP contribution in [0, 0.1) is 0 Å². The minimum Gasteiger partial charge on any atom is -0.497 e. The van der Waals surface area contributed by atoms with Gasteiger partial charge < -0.3 is 14.6 Å². The van der Waals surface area contributed by atoms with Crippen LogP contribution in [0.5, 0.6) is 5.75 Å². The number of rotatable bonds is 7. The van der Waals surface area contributed by atoms with Crippen molar-refractivity contribution in [3.63, 3.8) is 0 Å². The van der Waals surface area contributed by atoms with Crippen molar-refractivity contribution in [1.82, 2.24) is 0 Å². The van der Waals surface area contributed by atoms with E-state index in [0.717, 1.165) is 22.4 Å². The van der Waals surface area contributed by atoms with Crippen molar-refractivity contribution in [3.05, 3.63) is 65.2 Å². The standard InChI is InChI=1S/C17H18O4/c1-20-16-8-6-15(7-9-16)12-21-11-14-4-2-13(3-5-14)10-17(18)19/h2-9H,10-12H2,1H3,(H,18,19). The highest BCUT2D eigenvalue weighted by atomic mass is 16.5. The van der Waals surface area contributed by atoms with Gasteiger partial charge in [0.1, 0.15) is 5.75 Å². The number of benzene rings is 2. The average molecular weight is 286 g/mol. The second-order valence-corrected chi connectivity index (χ2v) is 4.73. The molecule has 2 aromatic rings. The Labute approximate surface area is 123 Å². The first kappa shape index (κ1) is 15.1. The molecular weight excluding hydrogens is 268 g/mol. The molecule has 0 atom stereocenters. The summed E-state index contributed by atoms with van der Waals surface area (Å²) in [6, 6.07) is 15.2. The average Bonchev–Trinajstić information content (AvgIpc) is 2.49. The summed E-state index contributed by atoms with van der Waals surface area (Å²) in [5, 5.41) is 8.71. The highest BCUT2D eigenvalue weighted by Crippen LogP contribution is 2.13. The van der Waals surface area contributed by atoms with E-state index < -0.39 is 5.97 Å². The van der Waals surface area contributed by atoms with Crippen molar-refractivity contribution in [3.8, 4) is 5.75 Å². The topological polar surface area (TPSA) is 55.8 Å². The van der Waals surface area contributed by atoms with Gasteiger partial charge >= 0.3 is 5.97 Å². The fourth-order valence-electron chi connectivity index (χ4n) is 1.94. The van der Waals surface area contributed by atoms with Gasteiger partial charge in [-0.3, -0.25) is 4.79 Å². The maximum Gasteiger partial charge on any atom is 0.307 e. The zero-order valence-electron chi connectivity index (χ0n) is 11.9. The molecule has 1 N–H and O–H groups in total. The normalized spacial score (nSPS) is 10.3. The quantitative estimate of drug-likeness (QED) is 0.850. The van der Waals surface area contributed by atoms with Crippen molar-refractivity contribution in [2.45, 2.75) is 19.6 Å². The van der Waals surface area contributed by atoms with E-state index in [9.17, 15) is 4.79 Å². The number of methoxy groups -OCH3 is 1.